The molecule has 0 saturated carbocycles. The van der Waals surface area contributed by atoms with Crippen LogP contribution in [0.15, 0.2) is 59.6 Å². The molecule has 0 heterocycles. The zero-order chi connectivity index (χ0) is 18.2. The van der Waals surface area contributed by atoms with Crippen molar-refractivity contribution in [3.63, 3.8) is 0 Å². The summed E-state index contributed by atoms with van der Waals surface area (Å²) in [7, 11) is 0. The Balaban J connectivity index is 1.91. The van der Waals surface area contributed by atoms with E-state index in [1.165, 1.54) is 5.56 Å². The fourth-order valence-corrected chi connectivity index (χ4v) is 2.66. The standard InChI is InChI=1S/C20H22BrNO3/c1-4-10-24-17-7-5-6-16(12-17)22-20(23)13-25-19-9-8-15(14(2)3)11-18(19)21/h4-9,11-12,14H,1,10,13H2,2-3H3,(H,22,23). The lowest BCUT2D eigenvalue weighted by atomic mass is 10.0. The molecular weight excluding hydrogens is 382 g/mol. The second kappa shape index (κ2) is 9.28. The van der Waals surface area contributed by atoms with Gasteiger partial charge in [-0.25, -0.2) is 0 Å². The number of carbonyl (C=O) groups is 1. The highest BCUT2D eigenvalue weighted by Gasteiger charge is 2.09. The third-order valence-corrected chi connectivity index (χ3v) is 4.09. The van der Waals surface area contributed by atoms with E-state index < -0.39 is 0 Å². The summed E-state index contributed by atoms with van der Waals surface area (Å²) in [5.74, 6) is 1.51. The van der Waals surface area contributed by atoms with Crippen LogP contribution >= 0.6 is 15.9 Å². The van der Waals surface area contributed by atoms with Crippen molar-refractivity contribution in [3.8, 4) is 11.5 Å². The third-order valence-electron chi connectivity index (χ3n) is 3.47. The number of hydrogen-bond acceptors (Lipinski definition) is 3. The van der Waals surface area contributed by atoms with E-state index in [0.717, 1.165) is 4.47 Å². The van der Waals surface area contributed by atoms with Crippen molar-refractivity contribution in [2.24, 2.45) is 0 Å². The maximum absolute atomic E-state index is 12.1. The van der Waals surface area contributed by atoms with Gasteiger partial charge in [-0.05, 0) is 51.7 Å². The van der Waals surface area contributed by atoms with Gasteiger partial charge in [0.15, 0.2) is 6.61 Å². The maximum atomic E-state index is 12.1. The predicted molar refractivity (Wildman–Crippen MR) is 104 cm³/mol. The molecular formula is C20H22BrNO3. The minimum Gasteiger partial charge on any atom is -0.489 e. The summed E-state index contributed by atoms with van der Waals surface area (Å²) in [6.45, 7) is 8.21. The number of halogens is 1. The number of nitrogens with one attached hydrogen (secondary N) is 1. The van der Waals surface area contributed by atoms with Crippen molar-refractivity contribution in [2.45, 2.75) is 19.8 Å². The highest BCUT2D eigenvalue weighted by molar-refractivity contribution is 9.10. The number of benzene rings is 2. The first-order valence-electron chi connectivity index (χ1n) is 8.05. The zero-order valence-corrected chi connectivity index (χ0v) is 16.0. The highest BCUT2D eigenvalue weighted by atomic mass is 79.9. The molecule has 1 N–H and O–H groups in total. The van der Waals surface area contributed by atoms with Crippen molar-refractivity contribution in [1.82, 2.24) is 0 Å². The first-order chi connectivity index (χ1) is 12.0. The molecule has 2 aromatic rings. The summed E-state index contributed by atoms with van der Waals surface area (Å²) in [5, 5.41) is 2.79. The van der Waals surface area contributed by atoms with Gasteiger partial charge in [0.25, 0.3) is 5.91 Å². The van der Waals surface area contributed by atoms with Gasteiger partial charge in [0.05, 0.1) is 4.47 Å². The normalized spacial score (nSPS) is 10.4. The van der Waals surface area contributed by atoms with E-state index in [2.05, 4.69) is 41.7 Å². The van der Waals surface area contributed by atoms with E-state index in [4.69, 9.17) is 9.47 Å². The Morgan fingerprint density at radius 3 is 2.72 bits per heavy atom. The first-order valence-corrected chi connectivity index (χ1v) is 8.84. The van der Waals surface area contributed by atoms with E-state index >= 15 is 0 Å². The molecule has 1 amide bonds. The van der Waals surface area contributed by atoms with Crippen LogP contribution in [0.5, 0.6) is 11.5 Å². The Hall–Kier alpha value is -2.27. The molecule has 2 aromatic carbocycles. The average Bonchev–Trinajstić information content (AvgIpc) is 2.59. The quantitative estimate of drug-likeness (QED) is 0.619. The van der Waals surface area contributed by atoms with Crippen LogP contribution in [0.3, 0.4) is 0 Å². The van der Waals surface area contributed by atoms with Crippen LogP contribution in [0, 0.1) is 0 Å². The third kappa shape index (κ3) is 5.94. The van der Waals surface area contributed by atoms with Gasteiger partial charge < -0.3 is 14.8 Å². The Morgan fingerprint density at radius 2 is 2.04 bits per heavy atom. The molecule has 0 aliphatic heterocycles. The Kier molecular flexibility index (Phi) is 7.07. The van der Waals surface area contributed by atoms with Crippen LogP contribution in [0.4, 0.5) is 5.69 Å². The summed E-state index contributed by atoms with van der Waals surface area (Å²) in [4.78, 5) is 12.1. The van der Waals surface area contributed by atoms with Crippen molar-refractivity contribution < 1.29 is 14.3 Å². The Bertz CT molecular complexity index is 743. The lowest BCUT2D eigenvalue weighted by Gasteiger charge is -2.12. The van der Waals surface area contributed by atoms with E-state index in [1.54, 1.807) is 18.2 Å². The molecule has 0 fully saturated rings. The number of carbonyl (C=O) groups excluding carboxylic acids is 1. The topological polar surface area (TPSA) is 47.6 Å². The average molecular weight is 404 g/mol. The molecule has 5 heteroatoms. The van der Waals surface area contributed by atoms with Crippen LogP contribution in [0.1, 0.15) is 25.3 Å². The Morgan fingerprint density at radius 1 is 1.24 bits per heavy atom. The van der Waals surface area contributed by atoms with Crippen molar-refractivity contribution in [3.05, 3.63) is 65.2 Å². The SMILES string of the molecule is C=CCOc1cccc(NC(=O)COc2ccc(C(C)C)cc2Br)c1. The van der Waals surface area contributed by atoms with Gasteiger partial charge in [-0.1, -0.05) is 38.6 Å². The van der Waals surface area contributed by atoms with Gasteiger partial charge in [0.2, 0.25) is 0 Å². The predicted octanol–water partition coefficient (Wildman–Crippen LogP) is 5.15. The second-order valence-electron chi connectivity index (χ2n) is 5.81. The fourth-order valence-electron chi connectivity index (χ4n) is 2.15. The molecule has 0 aliphatic rings. The van der Waals surface area contributed by atoms with Gasteiger partial charge in [0.1, 0.15) is 18.1 Å². The first kappa shape index (κ1) is 19.1. The lowest BCUT2D eigenvalue weighted by Crippen LogP contribution is -2.20. The van der Waals surface area contributed by atoms with Crippen molar-refractivity contribution >= 4 is 27.5 Å². The molecule has 2 rings (SSSR count). The zero-order valence-electron chi connectivity index (χ0n) is 14.4. The van der Waals surface area contributed by atoms with Gasteiger partial charge in [0, 0.05) is 11.8 Å². The molecule has 0 aromatic heterocycles. The van der Waals surface area contributed by atoms with E-state index in [1.807, 2.05) is 30.3 Å². The van der Waals surface area contributed by atoms with Crippen LogP contribution in [0.25, 0.3) is 0 Å². The molecule has 132 valence electrons. The summed E-state index contributed by atoms with van der Waals surface area (Å²) < 4.78 is 11.9. The number of anilines is 1. The minimum absolute atomic E-state index is 0.0721. The van der Waals surface area contributed by atoms with E-state index in [9.17, 15) is 4.79 Å². The molecule has 4 nitrogen and oxygen atoms in total. The molecule has 0 aliphatic carbocycles. The molecule has 0 atom stereocenters. The molecule has 0 bridgehead atoms. The smallest absolute Gasteiger partial charge is 0.262 e. The van der Waals surface area contributed by atoms with Gasteiger partial charge in [-0.15, -0.1) is 0 Å². The number of rotatable bonds is 8. The molecule has 0 unspecified atom stereocenters. The summed E-state index contributed by atoms with van der Waals surface area (Å²) in [6.07, 6.45) is 1.67. The van der Waals surface area contributed by atoms with Gasteiger partial charge in [-0.3, -0.25) is 4.79 Å². The number of ether oxygens (including phenoxy) is 2. The van der Waals surface area contributed by atoms with Gasteiger partial charge >= 0.3 is 0 Å². The molecule has 25 heavy (non-hydrogen) atoms. The van der Waals surface area contributed by atoms with Crippen LogP contribution in [0.2, 0.25) is 0 Å². The van der Waals surface area contributed by atoms with E-state index in [0.29, 0.717) is 29.7 Å². The molecule has 0 spiro atoms. The van der Waals surface area contributed by atoms with Gasteiger partial charge in [-0.2, -0.15) is 0 Å². The van der Waals surface area contributed by atoms with Crippen LogP contribution < -0.4 is 14.8 Å². The summed E-state index contributed by atoms with van der Waals surface area (Å²) >= 11 is 3.48. The second-order valence-corrected chi connectivity index (χ2v) is 6.66. The van der Waals surface area contributed by atoms with Crippen LogP contribution in [-0.4, -0.2) is 19.1 Å². The van der Waals surface area contributed by atoms with Crippen LogP contribution in [-0.2, 0) is 4.79 Å². The summed E-state index contributed by atoms with van der Waals surface area (Å²) in [6, 6.07) is 13.1. The van der Waals surface area contributed by atoms with Crippen molar-refractivity contribution in [2.75, 3.05) is 18.5 Å². The number of hydrogen-bond donors (Lipinski definition) is 1. The lowest BCUT2D eigenvalue weighted by molar-refractivity contribution is -0.118. The highest BCUT2D eigenvalue weighted by Crippen LogP contribution is 2.29. The molecule has 0 radical (unpaired) electrons. The summed E-state index contributed by atoms with van der Waals surface area (Å²) in [5.41, 5.74) is 1.87. The van der Waals surface area contributed by atoms with E-state index in [-0.39, 0.29) is 12.5 Å². The maximum Gasteiger partial charge on any atom is 0.262 e. The number of amides is 1. The minimum atomic E-state index is -0.235. The Labute approximate surface area is 157 Å². The monoisotopic (exact) mass is 403 g/mol. The largest absolute Gasteiger partial charge is 0.489 e. The van der Waals surface area contributed by atoms with Crippen molar-refractivity contribution in [1.29, 1.82) is 0 Å². The molecule has 0 saturated heterocycles. The fraction of sp³-hybridized carbons (Fsp3) is 0.250.